The first kappa shape index (κ1) is 16.4. The van der Waals surface area contributed by atoms with E-state index in [1.807, 2.05) is 0 Å². The average molecular weight is 286 g/mol. The van der Waals surface area contributed by atoms with E-state index in [9.17, 15) is 14.4 Å². The number of nitrogens with two attached hydrogens (primary N) is 1. The SMILES string of the molecule is CC(=O)[C@@H](N)CCNC(=O)N1CCN(CC(=O)O)CC1. The Kier molecular flexibility index (Phi) is 6.40. The van der Waals surface area contributed by atoms with Gasteiger partial charge in [0.1, 0.15) is 5.78 Å². The van der Waals surface area contributed by atoms with Crippen molar-refractivity contribution in [3.63, 3.8) is 0 Å². The summed E-state index contributed by atoms with van der Waals surface area (Å²) in [6, 6.07) is -0.738. The minimum absolute atomic E-state index is 0.00290. The summed E-state index contributed by atoms with van der Waals surface area (Å²) in [6.07, 6.45) is 0.417. The van der Waals surface area contributed by atoms with E-state index in [-0.39, 0.29) is 18.4 Å². The first-order valence-electron chi connectivity index (χ1n) is 6.63. The molecule has 1 atom stereocenters. The van der Waals surface area contributed by atoms with Crippen LogP contribution < -0.4 is 11.1 Å². The number of urea groups is 1. The maximum atomic E-state index is 11.8. The van der Waals surface area contributed by atoms with Gasteiger partial charge in [0, 0.05) is 32.7 Å². The van der Waals surface area contributed by atoms with Crippen molar-refractivity contribution in [2.24, 2.45) is 5.73 Å². The quantitative estimate of drug-likeness (QED) is 0.559. The molecular weight excluding hydrogens is 264 g/mol. The van der Waals surface area contributed by atoms with Crippen LogP contribution in [0, 0.1) is 0 Å². The number of ketones is 1. The Hall–Kier alpha value is -1.67. The summed E-state index contributed by atoms with van der Waals surface area (Å²) in [5.41, 5.74) is 5.57. The Bertz CT molecular complexity index is 366. The molecule has 1 saturated heterocycles. The minimum Gasteiger partial charge on any atom is -0.480 e. The lowest BCUT2D eigenvalue weighted by atomic mass is 10.1. The molecule has 0 saturated carbocycles. The maximum Gasteiger partial charge on any atom is 0.317 e. The number of amides is 2. The fraction of sp³-hybridized carbons (Fsp3) is 0.750. The van der Waals surface area contributed by atoms with Gasteiger partial charge in [0.15, 0.2) is 0 Å². The van der Waals surface area contributed by atoms with E-state index in [2.05, 4.69) is 5.32 Å². The van der Waals surface area contributed by atoms with Crippen molar-refractivity contribution in [1.29, 1.82) is 0 Å². The van der Waals surface area contributed by atoms with E-state index in [1.165, 1.54) is 6.92 Å². The van der Waals surface area contributed by atoms with Gasteiger partial charge in [0.2, 0.25) is 0 Å². The van der Waals surface area contributed by atoms with Crippen LogP contribution in [0.2, 0.25) is 0 Å². The Balaban J connectivity index is 2.22. The van der Waals surface area contributed by atoms with Gasteiger partial charge in [-0.1, -0.05) is 0 Å². The van der Waals surface area contributed by atoms with E-state index in [1.54, 1.807) is 9.80 Å². The standard InChI is InChI=1S/C12H22N4O4/c1-9(17)10(13)2-3-14-12(20)16-6-4-15(5-7-16)8-11(18)19/h10H,2-8,13H2,1H3,(H,14,20)(H,18,19)/t10-/m0/s1. The van der Waals surface area contributed by atoms with Crippen molar-refractivity contribution in [2.75, 3.05) is 39.3 Å². The van der Waals surface area contributed by atoms with Crippen LogP contribution in [-0.2, 0) is 9.59 Å². The normalized spacial score (nSPS) is 17.6. The summed E-state index contributed by atoms with van der Waals surface area (Å²) < 4.78 is 0. The Morgan fingerprint density at radius 1 is 1.25 bits per heavy atom. The van der Waals surface area contributed by atoms with E-state index in [4.69, 9.17) is 10.8 Å². The Morgan fingerprint density at radius 2 is 1.85 bits per heavy atom. The van der Waals surface area contributed by atoms with Crippen LogP contribution in [-0.4, -0.2) is 78.0 Å². The van der Waals surface area contributed by atoms with Gasteiger partial charge < -0.3 is 21.1 Å². The van der Waals surface area contributed by atoms with Crippen LogP contribution in [0.4, 0.5) is 4.79 Å². The highest BCUT2D eigenvalue weighted by Gasteiger charge is 2.22. The minimum atomic E-state index is -0.860. The number of carbonyl (C=O) groups is 3. The van der Waals surface area contributed by atoms with Gasteiger partial charge in [-0.15, -0.1) is 0 Å². The molecule has 0 aromatic heterocycles. The van der Waals surface area contributed by atoms with Gasteiger partial charge in [-0.05, 0) is 13.3 Å². The fourth-order valence-electron chi connectivity index (χ4n) is 1.95. The van der Waals surface area contributed by atoms with Crippen molar-refractivity contribution in [3.8, 4) is 0 Å². The number of carboxylic acids is 1. The predicted molar refractivity (Wildman–Crippen MR) is 72.3 cm³/mol. The van der Waals surface area contributed by atoms with Crippen LogP contribution in [0.15, 0.2) is 0 Å². The van der Waals surface area contributed by atoms with Crippen molar-refractivity contribution in [2.45, 2.75) is 19.4 Å². The zero-order valence-corrected chi connectivity index (χ0v) is 11.7. The third-order valence-electron chi connectivity index (χ3n) is 3.27. The topological polar surface area (TPSA) is 116 Å². The van der Waals surface area contributed by atoms with Crippen LogP contribution in [0.25, 0.3) is 0 Å². The molecule has 0 aromatic carbocycles. The highest BCUT2D eigenvalue weighted by atomic mass is 16.4. The molecule has 0 aliphatic carbocycles. The molecule has 0 unspecified atom stereocenters. The number of aliphatic carboxylic acids is 1. The van der Waals surface area contributed by atoms with Gasteiger partial charge in [0.25, 0.3) is 0 Å². The molecule has 20 heavy (non-hydrogen) atoms. The zero-order valence-electron chi connectivity index (χ0n) is 11.7. The molecule has 0 spiro atoms. The number of Topliss-reactive ketones (excluding diaryl/α,β-unsaturated/α-hetero) is 1. The third-order valence-corrected chi connectivity index (χ3v) is 3.27. The number of rotatable bonds is 6. The second-order valence-electron chi connectivity index (χ2n) is 4.89. The summed E-state index contributed by atoms with van der Waals surface area (Å²) >= 11 is 0. The molecule has 1 fully saturated rings. The summed E-state index contributed by atoms with van der Waals surface area (Å²) in [7, 11) is 0. The number of carboxylic acid groups (broad SMARTS) is 1. The van der Waals surface area contributed by atoms with Gasteiger partial charge in [-0.3, -0.25) is 14.5 Å². The molecule has 1 heterocycles. The van der Waals surface area contributed by atoms with Crippen molar-refractivity contribution in [3.05, 3.63) is 0 Å². The molecule has 1 aliphatic heterocycles. The number of nitrogens with one attached hydrogen (secondary N) is 1. The third kappa shape index (κ3) is 5.54. The summed E-state index contributed by atoms with van der Waals surface area (Å²) in [6.45, 7) is 3.88. The monoisotopic (exact) mass is 286 g/mol. The summed E-state index contributed by atoms with van der Waals surface area (Å²) in [4.78, 5) is 36.8. The van der Waals surface area contributed by atoms with Gasteiger partial charge in [-0.25, -0.2) is 4.79 Å². The molecule has 1 aliphatic rings. The molecule has 0 radical (unpaired) electrons. The van der Waals surface area contributed by atoms with Crippen molar-refractivity contribution in [1.82, 2.24) is 15.1 Å². The number of hydrogen-bond donors (Lipinski definition) is 3. The highest BCUT2D eigenvalue weighted by Crippen LogP contribution is 2.01. The molecule has 1 rings (SSSR count). The van der Waals surface area contributed by atoms with E-state index in [0.717, 1.165) is 0 Å². The van der Waals surface area contributed by atoms with Gasteiger partial charge >= 0.3 is 12.0 Å². The lowest BCUT2D eigenvalue weighted by Crippen LogP contribution is -2.53. The number of carbonyl (C=O) groups excluding carboxylic acids is 2. The highest BCUT2D eigenvalue weighted by molar-refractivity contribution is 5.81. The van der Waals surface area contributed by atoms with E-state index in [0.29, 0.717) is 39.1 Å². The summed E-state index contributed by atoms with van der Waals surface area (Å²) in [5.74, 6) is -0.956. The molecular formula is C12H22N4O4. The number of piperazine rings is 1. The van der Waals surface area contributed by atoms with Crippen LogP contribution in [0.5, 0.6) is 0 Å². The van der Waals surface area contributed by atoms with Crippen LogP contribution in [0.3, 0.4) is 0 Å². The smallest absolute Gasteiger partial charge is 0.317 e. The molecule has 8 heteroatoms. The first-order chi connectivity index (χ1) is 9.40. The first-order valence-corrected chi connectivity index (χ1v) is 6.63. The van der Waals surface area contributed by atoms with E-state index >= 15 is 0 Å². The Labute approximate surface area is 117 Å². The number of nitrogens with zero attached hydrogens (tertiary/aromatic N) is 2. The average Bonchev–Trinajstić information content (AvgIpc) is 2.38. The molecule has 4 N–H and O–H groups in total. The van der Waals surface area contributed by atoms with Crippen LogP contribution >= 0.6 is 0 Å². The van der Waals surface area contributed by atoms with Crippen molar-refractivity contribution >= 4 is 17.8 Å². The predicted octanol–water partition coefficient (Wildman–Crippen LogP) is -1.30. The van der Waals surface area contributed by atoms with Gasteiger partial charge in [0.05, 0.1) is 12.6 Å². The maximum absolute atomic E-state index is 11.8. The second kappa shape index (κ2) is 7.81. The second-order valence-corrected chi connectivity index (χ2v) is 4.89. The lowest BCUT2D eigenvalue weighted by Gasteiger charge is -2.33. The molecule has 0 aromatic rings. The fourth-order valence-corrected chi connectivity index (χ4v) is 1.95. The van der Waals surface area contributed by atoms with E-state index < -0.39 is 12.0 Å². The molecule has 8 nitrogen and oxygen atoms in total. The summed E-state index contributed by atoms with van der Waals surface area (Å²) in [5, 5.41) is 11.4. The molecule has 2 amide bonds. The lowest BCUT2D eigenvalue weighted by molar-refractivity contribution is -0.138. The zero-order chi connectivity index (χ0) is 15.1. The van der Waals surface area contributed by atoms with Crippen LogP contribution in [0.1, 0.15) is 13.3 Å². The van der Waals surface area contributed by atoms with Gasteiger partial charge in [-0.2, -0.15) is 0 Å². The molecule has 114 valence electrons. The van der Waals surface area contributed by atoms with Crippen molar-refractivity contribution < 1.29 is 19.5 Å². The number of hydrogen-bond acceptors (Lipinski definition) is 5. The Morgan fingerprint density at radius 3 is 2.35 bits per heavy atom. The largest absolute Gasteiger partial charge is 0.480 e. The molecule has 0 bridgehead atoms.